The Kier molecular flexibility index (Phi) is 12.5. The van der Waals surface area contributed by atoms with Crippen LogP contribution >= 0.6 is 46.6 Å². The van der Waals surface area contributed by atoms with Crippen LogP contribution in [0.15, 0.2) is 46.2 Å². The van der Waals surface area contributed by atoms with Gasteiger partial charge in [-0.1, -0.05) is 35.0 Å². The first-order chi connectivity index (χ1) is 17.1. The first kappa shape index (κ1) is 29.9. The van der Waals surface area contributed by atoms with Crippen molar-refractivity contribution in [1.82, 2.24) is 0 Å². The van der Waals surface area contributed by atoms with Crippen LogP contribution in [0.3, 0.4) is 0 Å². The molecule has 0 saturated heterocycles. The van der Waals surface area contributed by atoms with Crippen LogP contribution in [0.25, 0.3) is 0 Å². The number of carbonyl (C=O) groups excluding carboxylic acids is 3. The van der Waals surface area contributed by atoms with Crippen LogP contribution in [-0.2, 0) is 28.6 Å². The molecule has 0 aliphatic heterocycles. The highest BCUT2D eigenvalue weighted by atomic mass is 35.5. The minimum atomic E-state index is -0.818. The summed E-state index contributed by atoms with van der Waals surface area (Å²) in [4.78, 5) is 35.1. The number of rotatable bonds is 13. The predicted octanol–water partition coefficient (Wildman–Crippen LogP) is 5.57. The molecular weight excluding hydrogens is 555 g/mol. The Labute approximate surface area is 228 Å². The van der Waals surface area contributed by atoms with Crippen molar-refractivity contribution in [3.05, 3.63) is 46.4 Å². The first-order valence-corrected chi connectivity index (χ1v) is 12.7. The normalized spacial score (nSPS) is 12.3. The maximum atomic E-state index is 11.3. The van der Waals surface area contributed by atoms with Crippen LogP contribution in [0.2, 0.25) is 10.0 Å². The zero-order chi connectivity index (χ0) is 26.7. The number of carbonyl (C=O) groups is 3. The van der Waals surface area contributed by atoms with Gasteiger partial charge in [0, 0.05) is 30.6 Å². The van der Waals surface area contributed by atoms with E-state index in [0.29, 0.717) is 5.75 Å². The van der Waals surface area contributed by atoms with E-state index in [2.05, 4.69) is 0 Å². The summed E-state index contributed by atoms with van der Waals surface area (Å²) in [5.41, 5.74) is 0. The lowest BCUT2D eigenvalue weighted by Gasteiger charge is -2.18. The molecule has 2 atom stereocenters. The summed E-state index contributed by atoms with van der Waals surface area (Å²) in [6.07, 6.45) is -1.35. The molecule has 0 bridgehead atoms. The van der Waals surface area contributed by atoms with E-state index in [1.54, 1.807) is 24.3 Å². The highest BCUT2D eigenvalue weighted by Gasteiger charge is 2.18. The Morgan fingerprint density at radius 3 is 1.86 bits per heavy atom. The van der Waals surface area contributed by atoms with Crippen molar-refractivity contribution < 1.29 is 38.1 Å². The fraction of sp³-hybridized carbons (Fsp3) is 0.375. The van der Waals surface area contributed by atoms with E-state index in [1.165, 1.54) is 32.5 Å². The molecule has 2 aromatic rings. The Morgan fingerprint density at radius 1 is 0.778 bits per heavy atom. The monoisotopic (exact) mass is 578 g/mol. The fourth-order valence-corrected chi connectivity index (χ4v) is 4.52. The zero-order valence-electron chi connectivity index (χ0n) is 19.8. The van der Waals surface area contributed by atoms with Crippen molar-refractivity contribution in [3.8, 4) is 11.5 Å². The molecule has 0 fully saturated rings. The Morgan fingerprint density at radius 2 is 1.33 bits per heavy atom. The molecule has 0 aliphatic rings. The molecule has 0 spiro atoms. The zero-order valence-corrected chi connectivity index (χ0v) is 22.8. The molecule has 36 heavy (non-hydrogen) atoms. The van der Waals surface area contributed by atoms with E-state index in [4.69, 9.17) is 58.5 Å². The number of halogens is 3. The lowest BCUT2D eigenvalue weighted by molar-refractivity contribution is -0.158. The summed E-state index contributed by atoms with van der Waals surface area (Å²) < 4.78 is 26.3. The van der Waals surface area contributed by atoms with Crippen molar-refractivity contribution in [3.63, 3.8) is 0 Å². The molecule has 0 heterocycles. The van der Waals surface area contributed by atoms with E-state index in [-0.39, 0.29) is 41.5 Å². The molecule has 0 aromatic heterocycles. The molecule has 8 nitrogen and oxygen atoms in total. The number of hydrogen-bond acceptors (Lipinski definition) is 9. The SMILES string of the molecule is CC(=O)OC[C@H](COc1c(Cl)cc(Sc2ccc(OC[C@H](CCl)OC(C)=O)cc2)cc1Cl)OC(C)=O. The summed E-state index contributed by atoms with van der Waals surface area (Å²) >= 11 is 20.0. The third kappa shape index (κ3) is 10.7. The number of hydrogen-bond donors (Lipinski definition) is 0. The van der Waals surface area contributed by atoms with Crippen LogP contribution in [0, 0.1) is 0 Å². The molecule has 12 heteroatoms. The van der Waals surface area contributed by atoms with Crippen LogP contribution in [0.4, 0.5) is 0 Å². The van der Waals surface area contributed by atoms with Gasteiger partial charge in [0.1, 0.15) is 31.7 Å². The molecule has 196 valence electrons. The van der Waals surface area contributed by atoms with Crippen LogP contribution in [0.5, 0.6) is 11.5 Å². The molecular formula is C24H25Cl3O8S. The summed E-state index contributed by atoms with van der Waals surface area (Å²) in [5, 5.41) is 0.521. The standard InChI is InChI=1S/C24H25Cl3O8S/c1-14(28)31-12-19(35-16(3)30)13-33-24-22(26)8-21(9-23(24)27)36-20-6-4-17(5-7-20)32-11-18(10-25)34-15(2)29/h4-9,18-19H,10-13H2,1-3H3/t18-,19+/m0/s1. The highest BCUT2D eigenvalue weighted by Crippen LogP contribution is 2.39. The van der Waals surface area contributed by atoms with Gasteiger partial charge in [-0.25, -0.2) is 0 Å². The minimum absolute atomic E-state index is 0.109. The Hall–Kier alpha value is -2.33. The highest BCUT2D eigenvalue weighted by molar-refractivity contribution is 7.99. The van der Waals surface area contributed by atoms with Gasteiger partial charge in [-0.05, 0) is 36.4 Å². The molecule has 0 radical (unpaired) electrons. The topological polar surface area (TPSA) is 97.4 Å². The van der Waals surface area contributed by atoms with Crippen molar-refractivity contribution in [2.24, 2.45) is 0 Å². The fourth-order valence-electron chi connectivity index (χ4n) is 2.74. The van der Waals surface area contributed by atoms with Gasteiger partial charge >= 0.3 is 17.9 Å². The number of esters is 3. The first-order valence-electron chi connectivity index (χ1n) is 10.6. The molecule has 2 rings (SSSR count). The van der Waals surface area contributed by atoms with E-state index >= 15 is 0 Å². The molecule has 2 aromatic carbocycles. The summed E-state index contributed by atoms with van der Waals surface area (Å²) in [6, 6.07) is 10.6. The summed E-state index contributed by atoms with van der Waals surface area (Å²) in [5.74, 6) is -0.530. The van der Waals surface area contributed by atoms with E-state index in [1.807, 2.05) is 12.1 Å². The van der Waals surface area contributed by atoms with Crippen LogP contribution in [0.1, 0.15) is 20.8 Å². The van der Waals surface area contributed by atoms with E-state index < -0.39 is 30.1 Å². The lowest BCUT2D eigenvalue weighted by atomic mass is 10.3. The van der Waals surface area contributed by atoms with E-state index in [0.717, 1.165) is 9.79 Å². The molecule has 0 N–H and O–H groups in total. The Balaban J connectivity index is 1.99. The number of ether oxygens (including phenoxy) is 5. The van der Waals surface area contributed by atoms with Crippen LogP contribution < -0.4 is 9.47 Å². The average Bonchev–Trinajstić information content (AvgIpc) is 2.79. The molecule has 0 unspecified atom stereocenters. The third-order valence-corrected chi connectivity index (χ3v) is 6.08. The van der Waals surface area contributed by atoms with E-state index in [9.17, 15) is 14.4 Å². The quantitative estimate of drug-likeness (QED) is 0.171. The molecule has 0 aliphatic carbocycles. The van der Waals surface area contributed by atoms with Crippen molar-refractivity contribution in [1.29, 1.82) is 0 Å². The second-order valence-electron chi connectivity index (χ2n) is 7.33. The second kappa shape index (κ2) is 15.0. The van der Waals surface area contributed by atoms with Gasteiger partial charge in [0.2, 0.25) is 0 Å². The van der Waals surface area contributed by atoms with Gasteiger partial charge in [0.05, 0.1) is 15.9 Å². The second-order valence-corrected chi connectivity index (χ2v) is 9.60. The van der Waals surface area contributed by atoms with Gasteiger partial charge in [-0.3, -0.25) is 14.4 Å². The van der Waals surface area contributed by atoms with Crippen molar-refractivity contribution in [2.75, 3.05) is 25.7 Å². The van der Waals surface area contributed by atoms with Crippen LogP contribution in [-0.4, -0.2) is 55.8 Å². The van der Waals surface area contributed by atoms with Gasteiger partial charge in [0.15, 0.2) is 11.9 Å². The maximum absolute atomic E-state index is 11.3. The third-order valence-electron chi connectivity index (χ3n) is 4.19. The average molecular weight is 580 g/mol. The predicted molar refractivity (Wildman–Crippen MR) is 136 cm³/mol. The minimum Gasteiger partial charge on any atom is -0.490 e. The van der Waals surface area contributed by atoms with Gasteiger partial charge in [0.25, 0.3) is 0 Å². The summed E-state index contributed by atoms with van der Waals surface area (Å²) in [7, 11) is 0. The smallest absolute Gasteiger partial charge is 0.303 e. The van der Waals surface area contributed by atoms with Gasteiger partial charge in [-0.2, -0.15) is 0 Å². The molecule has 0 amide bonds. The van der Waals surface area contributed by atoms with Gasteiger partial charge in [-0.15, -0.1) is 11.6 Å². The van der Waals surface area contributed by atoms with Crippen molar-refractivity contribution >= 4 is 64.5 Å². The van der Waals surface area contributed by atoms with Crippen molar-refractivity contribution in [2.45, 2.75) is 42.8 Å². The summed E-state index contributed by atoms with van der Waals surface area (Å²) in [6.45, 7) is 3.68. The lowest BCUT2D eigenvalue weighted by Crippen LogP contribution is -2.30. The number of alkyl halides is 1. The maximum Gasteiger partial charge on any atom is 0.303 e. The number of benzene rings is 2. The molecule has 0 saturated carbocycles. The largest absolute Gasteiger partial charge is 0.490 e. The van der Waals surface area contributed by atoms with Gasteiger partial charge < -0.3 is 23.7 Å². The Bertz CT molecular complexity index is 1030.